The van der Waals surface area contributed by atoms with Gasteiger partial charge in [-0.05, 0) is 42.9 Å². The molecule has 0 unspecified atom stereocenters. The van der Waals surface area contributed by atoms with E-state index in [4.69, 9.17) is 0 Å². The van der Waals surface area contributed by atoms with E-state index in [0.29, 0.717) is 0 Å². The fraction of sp³-hybridized carbons (Fsp3) is 0.217. The minimum Gasteiger partial charge on any atom is -0.316 e. The molecule has 3 rings (SSSR count). The Hall–Kier alpha value is -2.83. The highest BCUT2D eigenvalue weighted by Gasteiger charge is 1.99. The maximum Gasteiger partial charge on any atom is 0.272 e. The molecule has 0 fully saturated rings. The van der Waals surface area contributed by atoms with Crippen molar-refractivity contribution >= 4 is 23.9 Å². The summed E-state index contributed by atoms with van der Waals surface area (Å²) in [5.74, 6) is 2.04. The Morgan fingerprint density at radius 1 is 0.828 bits per heavy atom. The van der Waals surface area contributed by atoms with Crippen molar-refractivity contribution in [3.05, 3.63) is 103 Å². The number of hydrogen-bond donors (Lipinski definition) is 2. The number of H-pyrrole nitrogens is 2. The molecule has 0 bridgehead atoms. The van der Waals surface area contributed by atoms with Gasteiger partial charge >= 0.3 is 0 Å². The molecule has 0 saturated heterocycles. The van der Waals surface area contributed by atoms with Crippen molar-refractivity contribution < 1.29 is 0 Å². The van der Waals surface area contributed by atoms with Crippen molar-refractivity contribution in [3.63, 3.8) is 0 Å². The maximum atomic E-state index is 12.4. The van der Waals surface area contributed by atoms with E-state index in [9.17, 15) is 9.59 Å². The summed E-state index contributed by atoms with van der Waals surface area (Å²) < 4.78 is 0. The largest absolute Gasteiger partial charge is 0.316 e. The number of aromatic nitrogens is 2. The highest BCUT2D eigenvalue weighted by Crippen LogP contribution is 2.13. The molecule has 6 heteroatoms. The molecule has 2 N–H and O–H groups in total. The molecular weight excluding hydrogens is 382 g/mol. The van der Waals surface area contributed by atoms with Crippen LogP contribution in [-0.4, -0.2) is 41.3 Å². The number of rotatable bonds is 7. The number of aromatic amines is 2. The van der Waals surface area contributed by atoms with Gasteiger partial charge in [0, 0.05) is 18.1 Å². The van der Waals surface area contributed by atoms with Crippen LogP contribution in [0.15, 0.2) is 64.2 Å². The van der Waals surface area contributed by atoms with E-state index in [2.05, 4.69) is 41.1 Å². The summed E-state index contributed by atoms with van der Waals surface area (Å²) in [6.45, 7) is 1.06. The highest BCUT2D eigenvalue weighted by atomic mass is 32.2. The summed E-state index contributed by atoms with van der Waals surface area (Å²) >= 11 is 1.89. The van der Waals surface area contributed by atoms with Crippen LogP contribution in [0, 0.1) is 0 Å². The van der Waals surface area contributed by atoms with Gasteiger partial charge in [-0.1, -0.05) is 54.6 Å². The fourth-order valence-electron chi connectivity index (χ4n) is 2.73. The van der Waals surface area contributed by atoms with Crippen LogP contribution in [0.3, 0.4) is 0 Å². The molecular formula is C23H25N3O2S. The summed E-state index contributed by atoms with van der Waals surface area (Å²) in [6.07, 6.45) is 3.35. The molecule has 3 aromatic rings. The maximum absolute atomic E-state index is 12.4. The Morgan fingerprint density at radius 3 is 1.93 bits per heavy atom. The molecule has 0 spiro atoms. The summed E-state index contributed by atoms with van der Waals surface area (Å²) in [4.78, 5) is 32.3. The summed E-state index contributed by atoms with van der Waals surface area (Å²) in [5, 5.41) is 0.483. The third-order valence-electron chi connectivity index (χ3n) is 4.34. The molecule has 2 aromatic carbocycles. The van der Waals surface area contributed by atoms with Crippen LogP contribution < -0.4 is 21.8 Å². The summed E-state index contributed by atoms with van der Waals surface area (Å²) in [7, 11) is 4.15. The van der Waals surface area contributed by atoms with Crippen molar-refractivity contribution in [2.45, 2.75) is 5.75 Å². The highest BCUT2D eigenvalue weighted by molar-refractivity contribution is 7.98. The Morgan fingerprint density at radius 2 is 1.38 bits per heavy atom. The first-order valence-corrected chi connectivity index (χ1v) is 10.6. The van der Waals surface area contributed by atoms with E-state index in [-0.39, 0.29) is 21.8 Å². The lowest BCUT2D eigenvalue weighted by Gasteiger charge is -2.08. The first-order valence-electron chi connectivity index (χ1n) is 9.44. The molecule has 0 amide bonds. The van der Waals surface area contributed by atoms with Gasteiger partial charge in [-0.25, -0.2) is 0 Å². The molecule has 0 aliphatic carbocycles. The average Bonchev–Trinajstić information content (AvgIpc) is 2.71. The molecule has 0 aliphatic heterocycles. The third-order valence-corrected chi connectivity index (χ3v) is 5.35. The van der Waals surface area contributed by atoms with E-state index in [1.165, 1.54) is 5.56 Å². The van der Waals surface area contributed by atoms with Crippen molar-refractivity contribution in [1.29, 1.82) is 0 Å². The third kappa shape index (κ3) is 6.34. The molecule has 0 atom stereocenters. The molecule has 1 heterocycles. The number of hydrogen-bond acceptors (Lipinski definition) is 4. The lowest BCUT2D eigenvalue weighted by Crippen LogP contribution is -2.46. The Bertz CT molecular complexity index is 1160. The normalized spacial score (nSPS) is 12.7. The molecule has 0 saturated carbocycles. The van der Waals surface area contributed by atoms with Crippen LogP contribution in [0.1, 0.15) is 16.7 Å². The van der Waals surface area contributed by atoms with Gasteiger partial charge in [0.15, 0.2) is 0 Å². The van der Waals surface area contributed by atoms with E-state index < -0.39 is 0 Å². The number of nitrogens with zero attached hydrogens (tertiary/aromatic N) is 1. The van der Waals surface area contributed by atoms with Crippen molar-refractivity contribution in [3.8, 4) is 0 Å². The standard InChI is InChI=1S/C23H25N3O2S/c1-26(2)12-13-29-16-19-10-8-18(9-11-19)15-21-23(28)24-20(22(27)25-21)14-17-6-4-3-5-7-17/h3-11,14-15H,12-13,16H2,1-2H3,(H,24,28)(H,25,27)/b20-14-,21-15-. The minimum atomic E-state index is -0.325. The zero-order valence-electron chi connectivity index (χ0n) is 16.6. The first-order chi connectivity index (χ1) is 14.0. The van der Waals surface area contributed by atoms with Crippen LogP contribution in [0.25, 0.3) is 12.2 Å². The second-order valence-corrected chi connectivity index (χ2v) is 8.14. The molecule has 0 aliphatic rings. The van der Waals surface area contributed by atoms with Gasteiger partial charge in [0.1, 0.15) is 10.7 Å². The van der Waals surface area contributed by atoms with Crippen molar-refractivity contribution in [1.82, 2.24) is 14.9 Å². The van der Waals surface area contributed by atoms with Gasteiger partial charge in [0.05, 0.1) is 0 Å². The topological polar surface area (TPSA) is 69.0 Å². The van der Waals surface area contributed by atoms with Gasteiger partial charge in [0.25, 0.3) is 11.1 Å². The first kappa shape index (κ1) is 20.9. The molecule has 29 heavy (non-hydrogen) atoms. The van der Waals surface area contributed by atoms with Crippen LogP contribution in [0.5, 0.6) is 0 Å². The lowest BCUT2D eigenvalue weighted by molar-refractivity contribution is 0.437. The predicted molar refractivity (Wildman–Crippen MR) is 122 cm³/mol. The molecule has 1 aromatic heterocycles. The molecule has 150 valence electrons. The Labute approximate surface area is 173 Å². The second kappa shape index (κ2) is 10.1. The fourth-order valence-corrected chi connectivity index (χ4v) is 3.79. The number of thioether (sulfide) groups is 1. The van der Waals surface area contributed by atoms with Crippen LogP contribution in [0.4, 0.5) is 0 Å². The van der Waals surface area contributed by atoms with Gasteiger partial charge in [0.2, 0.25) is 0 Å². The Kier molecular flexibility index (Phi) is 7.27. The Balaban J connectivity index is 1.78. The zero-order chi connectivity index (χ0) is 20.6. The predicted octanol–water partition coefficient (Wildman–Crippen LogP) is 1.52. The van der Waals surface area contributed by atoms with Gasteiger partial charge < -0.3 is 14.9 Å². The summed E-state index contributed by atoms with van der Waals surface area (Å²) in [6, 6.07) is 17.4. The average molecular weight is 408 g/mol. The van der Waals surface area contributed by atoms with Crippen molar-refractivity contribution in [2.75, 3.05) is 26.4 Å². The van der Waals surface area contributed by atoms with E-state index in [1.54, 1.807) is 12.2 Å². The van der Waals surface area contributed by atoms with E-state index in [0.717, 1.165) is 29.2 Å². The van der Waals surface area contributed by atoms with Crippen LogP contribution in [0.2, 0.25) is 0 Å². The summed E-state index contributed by atoms with van der Waals surface area (Å²) in [5.41, 5.74) is 2.31. The van der Waals surface area contributed by atoms with Gasteiger partial charge in [-0.15, -0.1) is 0 Å². The SMILES string of the molecule is CN(C)CCSCc1ccc(/C=c2\[nH]c(=O)/c(=C/c3ccccc3)[nH]c2=O)cc1. The quantitative estimate of drug-likeness (QED) is 0.583. The van der Waals surface area contributed by atoms with Gasteiger partial charge in [-0.3, -0.25) is 9.59 Å². The van der Waals surface area contributed by atoms with Crippen LogP contribution in [-0.2, 0) is 5.75 Å². The number of benzene rings is 2. The zero-order valence-corrected chi connectivity index (χ0v) is 17.5. The van der Waals surface area contributed by atoms with Crippen LogP contribution >= 0.6 is 11.8 Å². The monoisotopic (exact) mass is 407 g/mol. The van der Waals surface area contributed by atoms with Crippen molar-refractivity contribution in [2.24, 2.45) is 0 Å². The van der Waals surface area contributed by atoms with E-state index in [1.807, 2.05) is 54.2 Å². The van der Waals surface area contributed by atoms with Gasteiger partial charge in [-0.2, -0.15) is 11.8 Å². The molecule has 0 radical (unpaired) electrons. The minimum absolute atomic E-state index is 0.239. The van der Waals surface area contributed by atoms with E-state index >= 15 is 0 Å². The smallest absolute Gasteiger partial charge is 0.272 e. The molecule has 5 nitrogen and oxygen atoms in total. The number of nitrogens with one attached hydrogen (secondary N) is 2. The lowest BCUT2D eigenvalue weighted by atomic mass is 10.1. The second-order valence-electron chi connectivity index (χ2n) is 7.03.